The maximum Gasteiger partial charge on any atom is 0.334 e. The summed E-state index contributed by atoms with van der Waals surface area (Å²) in [5.74, 6) is -2.15. The number of rotatable bonds is 7. The van der Waals surface area contributed by atoms with Crippen molar-refractivity contribution >= 4 is 23.8 Å². The third-order valence-electron chi connectivity index (χ3n) is 6.59. The fraction of sp³-hybridized carbons (Fsp3) is 0.385. The average molecular weight is 512 g/mol. The molecule has 2 aromatic rings. The topological polar surface area (TPSA) is 114 Å². The summed E-state index contributed by atoms with van der Waals surface area (Å²) in [7, 11) is 1.61. The second-order valence-corrected chi connectivity index (χ2v) is 9.38. The number of benzene rings is 2. The van der Waals surface area contributed by atoms with Gasteiger partial charge in [0.2, 0.25) is 11.8 Å². The SMILES string of the molecule is Cc1cccc(CN2C[C@H]3N(C(=O)CN(C)N3C(=O)NCc3ccc(F)cc3)[C@@H](CCC(=O)O)C2=O)c1. The number of carboxylic acids is 1. The van der Waals surface area contributed by atoms with E-state index < -0.39 is 24.2 Å². The molecule has 2 saturated heterocycles. The summed E-state index contributed by atoms with van der Waals surface area (Å²) in [6, 6.07) is 11.9. The molecule has 0 aromatic heterocycles. The highest BCUT2D eigenvalue weighted by Crippen LogP contribution is 2.29. The number of amides is 4. The molecule has 2 atom stereocenters. The fourth-order valence-electron chi connectivity index (χ4n) is 4.88. The van der Waals surface area contributed by atoms with Gasteiger partial charge in [-0.1, -0.05) is 42.0 Å². The molecule has 0 radical (unpaired) electrons. The van der Waals surface area contributed by atoms with Gasteiger partial charge in [-0.3, -0.25) is 14.4 Å². The lowest BCUT2D eigenvalue weighted by atomic mass is 10.0. The van der Waals surface area contributed by atoms with Crippen LogP contribution in [0.1, 0.15) is 29.5 Å². The van der Waals surface area contributed by atoms with E-state index in [0.717, 1.165) is 11.1 Å². The molecule has 0 bridgehead atoms. The van der Waals surface area contributed by atoms with Crippen LogP contribution in [-0.4, -0.2) is 81.1 Å². The van der Waals surface area contributed by atoms with E-state index in [1.807, 2.05) is 31.2 Å². The Bertz CT molecular complexity index is 1190. The molecule has 2 aliphatic rings. The zero-order valence-corrected chi connectivity index (χ0v) is 20.8. The third-order valence-corrected chi connectivity index (χ3v) is 6.59. The van der Waals surface area contributed by atoms with Crippen molar-refractivity contribution in [3.63, 3.8) is 0 Å². The Hall–Kier alpha value is -3.99. The van der Waals surface area contributed by atoms with Crippen molar-refractivity contribution in [2.75, 3.05) is 20.1 Å². The Kier molecular flexibility index (Phi) is 7.72. The van der Waals surface area contributed by atoms with Crippen LogP contribution in [0.5, 0.6) is 0 Å². The van der Waals surface area contributed by atoms with E-state index in [1.54, 1.807) is 24.1 Å². The number of carbonyl (C=O) groups is 4. The van der Waals surface area contributed by atoms with Crippen molar-refractivity contribution in [3.05, 3.63) is 71.0 Å². The van der Waals surface area contributed by atoms with Crippen LogP contribution >= 0.6 is 0 Å². The number of fused-ring (bicyclic) bond motifs is 1. The molecule has 10 nitrogen and oxygen atoms in total. The lowest BCUT2D eigenvalue weighted by Gasteiger charge is -2.54. The number of likely N-dealkylation sites (N-methyl/N-ethyl adjacent to an activating group) is 1. The van der Waals surface area contributed by atoms with Crippen LogP contribution in [-0.2, 0) is 27.5 Å². The van der Waals surface area contributed by atoms with Crippen molar-refractivity contribution in [1.82, 2.24) is 25.1 Å². The minimum Gasteiger partial charge on any atom is -0.481 e. The lowest BCUT2D eigenvalue weighted by Crippen LogP contribution is -2.75. The predicted octanol–water partition coefficient (Wildman–Crippen LogP) is 1.94. The molecule has 2 fully saturated rings. The molecule has 2 aliphatic heterocycles. The number of nitrogens with zero attached hydrogens (tertiary/aromatic N) is 4. The van der Waals surface area contributed by atoms with Crippen LogP contribution in [0.15, 0.2) is 48.5 Å². The number of hydrogen-bond acceptors (Lipinski definition) is 5. The van der Waals surface area contributed by atoms with E-state index in [1.165, 1.54) is 27.1 Å². The summed E-state index contributed by atoms with van der Waals surface area (Å²) in [6.45, 7) is 2.27. The van der Waals surface area contributed by atoms with Gasteiger partial charge in [-0.2, -0.15) is 0 Å². The molecule has 11 heteroatoms. The van der Waals surface area contributed by atoms with Crippen LogP contribution in [0.4, 0.5) is 9.18 Å². The van der Waals surface area contributed by atoms with Gasteiger partial charge in [0.05, 0.1) is 13.1 Å². The normalized spacial score (nSPS) is 20.1. The number of aliphatic carboxylic acids is 1. The van der Waals surface area contributed by atoms with Crippen LogP contribution in [0.3, 0.4) is 0 Å². The smallest absolute Gasteiger partial charge is 0.334 e. The molecule has 0 saturated carbocycles. The average Bonchev–Trinajstić information content (AvgIpc) is 2.84. The molecular weight excluding hydrogens is 481 g/mol. The highest BCUT2D eigenvalue weighted by atomic mass is 19.1. The molecule has 0 spiro atoms. The third kappa shape index (κ3) is 5.88. The zero-order chi connectivity index (χ0) is 26.7. The van der Waals surface area contributed by atoms with Gasteiger partial charge in [-0.15, -0.1) is 0 Å². The summed E-state index contributed by atoms with van der Waals surface area (Å²) in [5.41, 5.74) is 2.61. The van der Waals surface area contributed by atoms with Gasteiger partial charge >= 0.3 is 12.0 Å². The number of aryl methyl sites for hydroxylation is 1. The highest BCUT2D eigenvalue weighted by Gasteiger charge is 2.50. The Morgan fingerprint density at radius 2 is 1.84 bits per heavy atom. The van der Waals surface area contributed by atoms with Gasteiger partial charge < -0.3 is 20.2 Å². The monoisotopic (exact) mass is 511 g/mol. The van der Waals surface area contributed by atoms with E-state index >= 15 is 0 Å². The molecule has 2 heterocycles. The predicted molar refractivity (Wildman–Crippen MR) is 131 cm³/mol. The van der Waals surface area contributed by atoms with Crippen molar-refractivity contribution < 1.29 is 28.7 Å². The molecule has 2 aromatic carbocycles. The molecule has 4 rings (SSSR count). The van der Waals surface area contributed by atoms with Crippen LogP contribution in [0, 0.1) is 12.7 Å². The second-order valence-electron chi connectivity index (χ2n) is 9.38. The summed E-state index contributed by atoms with van der Waals surface area (Å²) in [5, 5.41) is 15.0. The van der Waals surface area contributed by atoms with Gasteiger partial charge in [0.15, 0.2) is 0 Å². The summed E-state index contributed by atoms with van der Waals surface area (Å²) >= 11 is 0. The Labute approximate surface area is 214 Å². The maximum absolute atomic E-state index is 13.5. The summed E-state index contributed by atoms with van der Waals surface area (Å²) in [4.78, 5) is 54.2. The van der Waals surface area contributed by atoms with Gasteiger partial charge in [0.25, 0.3) is 0 Å². The quantitative estimate of drug-likeness (QED) is 0.588. The molecule has 4 amide bonds. The van der Waals surface area contributed by atoms with Crippen LogP contribution in [0.2, 0.25) is 0 Å². The number of hydrogen-bond donors (Lipinski definition) is 2. The number of piperazine rings is 1. The molecule has 0 aliphatic carbocycles. The van der Waals surface area contributed by atoms with E-state index in [9.17, 15) is 28.7 Å². The first kappa shape index (κ1) is 26.1. The fourth-order valence-corrected chi connectivity index (χ4v) is 4.88. The van der Waals surface area contributed by atoms with Crippen LogP contribution < -0.4 is 5.32 Å². The molecular formula is C26H30FN5O5. The van der Waals surface area contributed by atoms with E-state index in [0.29, 0.717) is 5.56 Å². The Balaban J connectivity index is 1.60. The maximum atomic E-state index is 13.5. The van der Waals surface area contributed by atoms with Crippen molar-refractivity contribution in [3.8, 4) is 0 Å². The van der Waals surface area contributed by atoms with Gasteiger partial charge in [0, 0.05) is 26.6 Å². The highest BCUT2D eigenvalue weighted by molar-refractivity contribution is 5.91. The lowest BCUT2D eigenvalue weighted by molar-refractivity contribution is -0.188. The summed E-state index contributed by atoms with van der Waals surface area (Å²) < 4.78 is 13.2. The first-order valence-corrected chi connectivity index (χ1v) is 12.0. The van der Waals surface area contributed by atoms with E-state index in [-0.39, 0.29) is 56.7 Å². The zero-order valence-electron chi connectivity index (χ0n) is 20.8. The minimum absolute atomic E-state index is 0.0600. The largest absolute Gasteiger partial charge is 0.481 e. The van der Waals surface area contributed by atoms with Crippen LogP contribution in [0.25, 0.3) is 0 Å². The second kappa shape index (κ2) is 11.0. The first-order chi connectivity index (χ1) is 17.6. The van der Waals surface area contributed by atoms with Crippen molar-refractivity contribution in [1.29, 1.82) is 0 Å². The van der Waals surface area contributed by atoms with E-state index in [2.05, 4.69) is 5.32 Å². The Morgan fingerprint density at radius 1 is 1.11 bits per heavy atom. The molecule has 2 N–H and O–H groups in total. The number of carboxylic acid groups (broad SMARTS) is 1. The van der Waals surface area contributed by atoms with Gasteiger partial charge in [0.1, 0.15) is 18.0 Å². The first-order valence-electron chi connectivity index (χ1n) is 12.0. The number of halogens is 1. The standard InChI is InChI=1S/C26H30FN5O5/c1-17-4-3-5-19(12-17)14-30-15-22-31(21(25(30)36)10-11-24(34)35)23(33)16-29(2)32(22)26(37)28-13-18-6-8-20(27)9-7-18/h3-9,12,21-22H,10-11,13-16H2,1-2H3,(H,28,37)(H,34,35)/t21-,22-/m0/s1. The number of nitrogens with one attached hydrogen (secondary N) is 1. The minimum atomic E-state index is -1.07. The van der Waals surface area contributed by atoms with Crippen molar-refractivity contribution in [2.45, 2.75) is 45.1 Å². The summed E-state index contributed by atoms with van der Waals surface area (Å²) in [6.07, 6.45) is -1.17. The number of hydrazine groups is 1. The molecule has 37 heavy (non-hydrogen) atoms. The van der Waals surface area contributed by atoms with Gasteiger partial charge in [-0.25, -0.2) is 19.2 Å². The molecule has 0 unspecified atom stereocenters. The Morgan fingerprint density at radius 3 is 2.51 bits per heavy atom. The van der Waals surface area contributed by atoms with Crippen molar-refractivity contribution in [2.24, 2.45) is 0 Å². The number of carbonyl (C=O) groups excluding carboxylic acids is 3. The van der Waals surface area contributed by atoms with E-state index in [4.69, 9.17) is 0 Å². The number of urea groups is 1. The van der Waals surface area contributed by atoms with Gasteiger partial charge in [-0.05, 0) is 36.6 Å². The molecule has 196 valence electrons.